The SMILES string of the molecule is C=Cc1c(/C=C\C)n(C(CC)CC)c2cc3c(cc12)c1cccc2ccc4cccc3c4c21.CC. The molecule has 0 aliphatic carbocycles. The zero-order chi connectivity index (χ0) is 24.7. The summed E-state index contributed by atoms with van der Waals surface area (Å²) in [5.74, 6) is 0. The predicted molar refractivity (Wildman–Crippen MR) is 159 cm³/mol. The number of hydrogen-bond acceptors (Lipinski definition) is 0. The van der Waals surface area contributed by atoms with E-state index in [9.17, 15) is 0 Å². The largest absolute Gasteiger partial charge is 0.337 e. The second kappa shape index (κ2) is 9.23. The molecule has 1 aromatic heterocycles. The molecule has 0 saturated carbocycles. The molecule has 0 atom stereocenters. The van der Waals surface area contributed by atoms with Crippen LogP contribution in [0.15, 0.2) is 73.3 Å². The Balaban J connectivity index is 0.00000124. The van der Waals surface area contributed by atoms with Gasteiger partial charge in [0.1, 0.15) is 0 Å². The molecule has 0 aliphatic rings. The van der Waals surface area contributed by atoms with E-state index in [0.29, 0.717) is 6.04 Å². The Morgan fingerprint density at radius 2 is 1.34 bits per heavy atom. The van der Waals surface area contributed by atoms with Gasteiger partial charge in [0.25, 0.3) is 0 Å². The first-order valence-corrected chi connectivity index (χ1v) is 13.1. The van der Waals surface area contributed by atoms with Gasteiger partial charge in [0.05, 0.1) is 5.52 Å². The third kappa shape index (κ3) is 3.29. The topological polar surface area (TPSA) is 4.93 Å². The summed E-state index contributed by atoms with van der Waals surface area (Å²) in [6.45, 7) is 14.9. The van der Waals surface area contributed by atoms with E-state index >= 15 is 0 Å². The van der Waals surface area contributed by atoms with Gasteiger partial charge in [-0.2, -0.15) is 0 Å². The summed E-state index contributed by atoms with van der Waals surface area (Å²) in [6, 6.07) is 23.3. The maximum absolute atomic E-state index is 4.22. The van der Waals surface area contributed by atoms with Crippen molar-refractivity contribution in [1.82, 2.24) is 4.57 Å². The molecule has 0 unspecified atom stereocenters. The van der Waals surface area contributed by atoms with Crippen molar-refractivity contribution in [3.05, 3.63) is 84.6 Å². The third-order valence-electron chi connectivity index (χ3n) is 7.52. The fourth-order valence-electron chi connectivity index (χ4n) is 6.04. The van der Waals surface area contributed by atoms with Crippen molar-refractivity contribution in [2.45, 2.75) is 53.5 Å². The summed E-state index contributed by atoms with van der Waals surface area (Å²) in [5.41, 5.74) is 3.82. The lowest BCUT2D eigenvalue weighted by Crippen LogP contribution is -2.08. The molecule has 0 spiro atoms. The lowest BCUT2D eigenvalue weighted by molar-refractivity contribution is 0.483. The summed E-state index contributed by atoms with van der Waals surface area (Å²) < 4.78 is 2.56. The maximum Gasteiger partial charge on any atom is 0.0500 e. The van der Waals surface area contributed by atoms with E-state index < -0.39 is 0 Å². The Hall–Kier alpha value is -3.58. The molecule has 0 radical (unpaired) electrons. The highest BCUT2D eigenvalue weighted by atomic mass is 15.0. The molecule has 0 aliphatic heterocycles. The second-order valence-electron chi connectivity index (χ2n) is 9.13. The first kappa shape index (κ1) is 23.2. The van der Waals surface area contributed by atoms with Gasteiger partial charge in [0.15, 0.2) is 0 Å². The highest BCUT2D eigenvalue weighted by molar-refractivity contribution is 6.34. The van der Waals surface area contributed by atoms with Crippen LogP contribution in [0.3, 0.4) is 0 Å². The number of fused-ring (bicyclic) bond motifs is 4. The van der Waals surface area contributed by atoms with E-state index in [1.807, 2.05) is 19.9 Å². The van der Waals surface area contributed by atoms with Crippen LogP contribution in [-0.4, -0.2) is 4.57 Å². The van der Waals surface area contributed by atoms with Gasteiger partial charge in [0.2, 0.25) is 0 Å². The van der Waals surface area contributed by atoms with Crippen LogP contribution in [-0.2, 0) is 0 Å². The van der Waals surface area contributed by atoms with Crippen LogP contribution in [0.2, 0.25) is 0 Å². The normalized spacial score (nSPS) is 12.1. The Labute approximate surface area is 208 Å². The van der Waals surface area contributed by atoms with Crippen molar-refractivity contribution in [2.75, 3.05) is 0 Å². The molecule has 1 nitrogen and oxygen atoms in total. The third-order valence-corrected chi connectivity index (χ3v) is 7.52. The van der Waals surface area contributed by atoms with E-state index in [-0.39, 0.29) is 0 Å². The molecular formula is C34H35N. The lowest BCUT2D eigenvalue weighted by Gasteiger charge is -2.20. The number of aromatic nitrogens is 1. The van der Waals surface area contributed by atoms with Gasteiger partial charge >= 0.3 is 0 Å². The van der Waals surface area contributed by atoms with E-state index in [2.05, 4.69) is 105 Å². The van der Waals surface area contributed by atoms with Crippen molar-refractivity contribution in [2.24, 2.45) is 0 Å². The van der Waals surface area contributed by atoms with Gasteiger partial charge in [-0.05, 0) is 81.1 Å². The second-order valence-corrected chi connectivity index (χ2v) is 9.13. The van der Waals surface area contributed by atoms with Gasteiger partial charge < -0.3 is 4.57 Å². The molecule has 6 aromatic rings. The first-order valence-electron chi connectivity index (χ1n) is 13.1. The minimum absolute atomic E-state index is 0.459. The molecule has 1 heterocycles. The van der Waals surface area contributed by atoms with Crippen LogP contribution in [0.25, 0.3) is 66.1 Å². The zero-order valence-electron chi connectivity index (χ0n) is 21.7. The maximum atomic E-state index is 4.22. The average molecular weight is 458 g/mol. The molecule has 5 aromatic carbocycles. The molecule has 0 fully saturated rings. The molecule has 0 bridgehead atoms. The predicted octanol–water partition coefficient (Wildman–Crippen LogP) is 10.8. The summed E-state index contributed by atoms with van der Waals surface area (Å²) in [4.78, 5) is 0. The number of nitrogens with zero attached hydrogens (tertiary/aromatic N) is 1. The Bertz CT molecular complexity index is 1710. The smallest absolute Gasteiger partial charge is 0.0500 e. The minimum atomic E-state index is 0.459. The van der Waals surface area contributed by atoms with Crippen LogP contribution in [0, 0.1) is 0 Å². The molecule has 6 rings (SSSR count). The van der Waals surface area contributed by atoms with Crippen molar-refractivity contribution < 1.29 is 0 Å². The standard InChI is InChI=1S/C32H29N.C2H6/c1-5-11-29-23(8-4)28-18-26-24-14-9-12-20-16-17-21-13-10-15-25(32(21)31(20)24)27(26)19-30(28)33(29)22(6-2)7-3;1-2/h5,8-19,22H,4,6-7H2,1-3H3;1-2H3/b11-5-;. The highest BCUT2D eigenvalue weighted by Gasteiger charge is 2.21. The summed E-state index contributed by atoms with van der Waals surface area (Å²) >= 11 is 0. The van der Waals surface area contributed by atoms with Crippen molar-refractivity contribution >= 4 is 66.1 Å². The van der Waals surface area contributed by atoms with Crippen molar-refractivity contribution in [1.29, 1.82) is 0 Å². The number of benzene rings is 5. The van der Waals surface area contributed by atoms with Crippen molar-refractivity contribution in [3.8, 4) is 0 Å². The van der Waals surface area contributed by atoms with Gasteiger partial charge in [-0.15, -0.1) is 0 Å². The van der Waals surface area contributed by atoms with E-state index in [4.69, 9.17) is 0 Å². The van der Waals surface area contributed by atoms with E-state index in [0.717, 1.165) is 12.8 Å². The zero-order valence-corrected chi connectivity index (χ0v) is 21.7. The van der Waals surface area contributed by atoms with Gasteiger partial charge in [-0.1, -0.05) is 95.0 Å². The Morgan fingerprint density at radius 1 is 0.771 bits per heavy atom. The van der Waals surface area contributed by atoms with E-state index in [1.165, 1.54) is 65.3 Å². The van der Waals surface area contributed by atoms with Crippen LogP contribution in [0.1, 0.15) is 64.8 Å². The fourth-order valence-corrected chi connectivity index (χ4v) is 6.04. The van der Waals surface area contributed by atoms with Crippen molar-refractivity contribution in [3.63, 3.8) is 0 Å². The van der Waals surface area contributed by atoms with Gasteiger partial charge in [-0.25, -0.2) is 0 Å². The Morgan fingerprint density at radius 3 is 1.86 bits per heavy atom. The Kier molecular flexibility index (Phi) is 6.11. The lowest BCUT2D eigenvalue weighted by atomic mass is 9.89. The summed E-state index contributed by atoms with van der Waals surface area (Å²) in [5, 5.41) is 12.0. The number of allylic oxidation sites excluding steroid dienone is 1. The molecule has 0 saturated heterocycles. The molecule has 1 heteroatoms. The van der Waals surface area contributed by atoms with Gasteiger partial charge in [-0.3, -0.25) is 0 Å². The minimum Gasteiger partial charge on any atom is -0.337 e. The fraction of sp³-hybridized carbons (Fsp3) is 0.235. The molecule has 0 N–H and O–H groups in total. The monoisotopic (exact) mass is 457 g/mol. The van der Waals surface area contributed by atoms with Crippen LogP contribution >= 0.6 is 0 Å². The molecule has 176 valence electrons. The van der Waals surface area contributed by atoms with Crippen LogP contribution in [0.4, 0.5) is 0 Å². The molecule has 0 amide bonds. The average Bonchev–Trinajstić information content (AvgIpc) is 3.21. The van der Waals surface area contributed by atoms with Crippen LogP contribution < -0.4 is 0 Å². The quantitative estimate of drug-likeness (QED) is 0.179. The summed E-state index contributed by atoms with van der Waals surface area (Å²) in [7, 11) is 0. The van der Waals surface area contributed by atoms with E-state index in [1.54, 1.807) is 0 Å². The van der Waals surface area contributed by atoms with Gasteiger partial charge in [0, 0.05) is 22.7 Å². The molecular weight excluding hydrogens is 422 g/mol. The summed E-state index contributed by atoms with van der Waals surface area (Å²) in [6.07, 6.45) is 8.66. The molecule has 35 heavy (non-hydrogen) atoms. The highest BCUT2D eigenvalue weighted by Crippen LogP contribution is 2.44. The number of rotatable bonds is 5. The van der Waals surface area contributed by atoms with Crippen LogP contribution in [0.5, 0.6) is 0 Å². The first-order chi connectivity index (χ1) is 17.2. The number of hydrogen-bond donors (Lipinski definition) is 0.